The minimum atomic E-state index is 0.0556. The van der Waals surface area contributed by atoms with Crippen molar-refractivity contribution >= 4 is 23.0 Å². The molecule has 0 aliphatic carbocycles. The molecule has 0 spiro atoms. The molecule has 2 aromatic rings. The highest BCUT2D eigenvalue weighted by atomic mass is 32.1. The lowest BCUT2D eigenvalue weighted by Gasteiger charge is -2.31. The predicted octanol–water partition coefficient (Wildman–Crippen LogP) is 4.44. The molecule has 1 fully saturated rings. The number of thiazole rings is 1. The average Bonchev–Trinajstić information content (AvgIpc) is 2.99. The van der Waals surface area contributed by atoms with E-state index in [1.807, 2.05) is 36.1 Å². The molecule has 0 saturated carbocycles. The smallest absolute Gasteiger partial charge is 0.223 e. The number of carbonyl (C=O) groups is 2. The van der Waals surface area contributed by atoms with Crippen LogP contribution >= 0.6 is 11.3 Å². The highest BCUT2D eigenvalue weighted by Crippen LogP contribution is 2.32. The molecule has 0 bridgehead atoms. The molecule has 1 aromatic heterocycles. The van der Waals surface area contributed by atoms with Crippen molar-refractivity contribution in [1.29, 1.82) is 0 Å². The number of likely N-dealkylation sites (tertiary alicyclic amines) is 1. The van der Waals surface area contributed by atoms with Gasteiger partial charge < -0.3 is 4.90 Å². The Hall–Kier alpha value is -2.01. The van der Waals surface area contributed by atoms with Crippen LogP contribution in [0.25, 0.3) is 0 Å². The van der Waals surface area contributed by atoms with Crippen molar-refractivity contribution in [1.82, 2.24) is 9.88 Å². The molecule has 1 aliphatic heterocycles. The first-order valence-corrected chi connectivity index (χ1v) is 10.1. The lowest BCUT2D eigenvalue weighted by atomic mass is 9.96. The fourth-order valence-corrected chi connectivity index (χ4v) is 4.54. The Labute approximate surface area is 159 Å². The summed E-state index contributed by atoms with van der Waals surface area (Å²) in [4.78, 5) is 32.7. The molecule has 1 aromatic carbocycles. The molecule has 5 heteroatoms. The molecule has 0 atom stereocenters. The van der Waals surface area contributed by atoms with E-state index in [1.54, 1.807) is 11.3 Å². The van der Waals surface area contributed by atoms with Gasteiger partial charge in [0.1, 0.15) is 0 Å². The SMILES string of the molecule is Cc1ccccc1C(=O)CCC(=O)N1CCC(c2nc(C)c(C)s2)CC1. The van der Waals surface area contributed by atoms with Crippen molar-refractivity contribution in [3.63, 3.8) is 0 Å². The minimum Gasteiger partial charge on any atom is -0.343 e. The molecule has 0 unspecified atom stereocenters. The zero-order valence-electron chi connectivity index (χ0n) is 15.7. The molecule has 1 aliphatic rings. The summed E-state index contributed by atoms with van der Waals surface area (Å²) in [6, 6.07) is 7.56. The zero-order valence-corrected chi connectivity index (χ0v) is 16.6. The zero-order chi connectivity index (χ0) is 18.7. The number of aryl methyl sites for hydroxylation is 3. The third-order valence-electron chi connectivity index (χ3n) is 5.25. The summed E-state index contributed by atoms with van der Waals surface area (Å²) < 4.78 is 0. The summed E-state index contributed by atoms with van der Waals surface area (Å²) in [6.07, 6.45) is 2.51. The van der Waals surface area contributed by atoms with E-state index >= 15 is 0 Å². The van der Waals surface area contributed by atoms with Crippen LogP contribution in [0.4, 0.5) is 0 Å². The second-order valence-corrected chi connectivity index (χ2v) is 8.32. The van der Waals surface area contributed by atoms with E-state index < -0.39 is 0 Å². The van der Waals surface area contributed by atoms with Crippen LogP contribution in [0.5, 0.6) is 0 Å². The van der Waals surface area contributed by atoms with Gasteiger partial charge in [0.25, 0.3) is 0 Å². The van der Waals surface area contributed by atoms with Crippen LogP contribution in [0.2, 0.25) is 0 Å². The van der Waals surface area contributed by atoms with Gasteiger partial charge in [0, 0.05) is 42.3 Å². The first kappa shape index (κ1) is 18.8. The van der Waals surface area contributed by atoms with Gasteiger partial charge in [-0.15, -0.1) is 11.3 Å². The standard InChI is InChI=1S/C21H26N2O2S/c1-14-6-4-5-7-18(14)19(24)8-9-20(25)23-12-10-17(11-13-23)21-22-15(2)16(3)26-21/h4-7,17H,8-13H2,1-3H3. The normalized spacial score (nSPS) is 15.3. The number of aromatic nitrogens is 1. The van der Waals surface area contributed by atoms with Crippen molar-refractivity contribution < 1.29 is 9.59 Å². The van der Waals surface area contributed by atoms with E-state index in [2.05, 4.69) is 18.8 Å². The third-order valence-corrected chi connectivity index (χ3v) is 6.49. The van der Waals surface area contributed by atoms with Crippen molar-refractivity contribution in [2.75, 3.05) is 13.1 Å². The van der Waals surface area contributed by atoms with E-state index in [0.717, 1.165) is 42.8 Å². The number of nitrogens with zero attached hydrogens (tertiary/aromatic N) is 2. The number of piperidine rings is 1. The quantitative estimate of drug-likeness (QED) is 0.731. The molecule has 26 heavy (non-hydrogen) atoms. The molecular weight excluding hydrogens is 344 g/mol. The van der Waals surface area contributed by atoms with Crippen LogP contribution < -0.4 is 0 Å². The Kier molecular flexibility index (Phi) is 5.87. The number of carbonyl (C=O) groups excluding carboxylic acids is 2. The predicted molar refractivity (Wildman–Crippen MR) is 105 cm³/mol. The summed E-state index contributed by atoms with van der Waals surface area (Å²) in [5.41, 5.74) is 2.83. The number of Topliss-reactive ketones (excluding diaryl/α,β-unsaturated/α-hetero) is 1. The number of amides is 1. The topological polar surface area (TPSA) is 50.3 Å². The average molecular weight is 371 g/mol. The highest BCUT2D eigenvalue weighted by Gasteiger charge is 2.26. The molecule has 2 heterocycles. The van der Waals surface area contributed by atoms with Gasteiger partial charge in [-0.25, -0.2) is 4.98 Å². The number of rotatable bonds is 5. The third kappa shape index (κ3) is 4.21. The minimum absolute atomic E-state index is 0.0556. The maximum atomic E-state index is 12.5. The van der Waals surface area contributed by atoms with Crippen LogP contribution in [-0.4, -0.2) is 34.7 Å². The largest absolute Gasteiger partial charge is 0.343 e. The Morgan fingerprint density at radius 2 is 1.81 bits per heavy atom. The number of hydrogen-bond donors (Lipinski definition) is 0. The first-order chi connectivity index (χ1) is 12.5. The maximum Gasteiger partial charge on any atom is 0.223 e. The molecule has 1 amide bonds. The Balaban J connectivity index is 1.49. The van der Waals surface area contributed by atoms with Gasteiger partial charge in [-0.05, 0) is 39.2 Å². The molecule has 3 rings (SSSR count). The van der Waals surface area contributed by atoms with E-state index in [-0.39, 0.29) is 18.1 Å². The Morgan fingerprint density at radius 3 is 2.42 bits per heavy atom. The van der Waals surface area contributed by atoms with Crippen molar-refractivity contribution in [2.24, 2.45) is 0 Å². The monoisotopic (exact) mass is 370 g/mol. The molecule has 1 saturated heterocycles. The lowest BCUT2D eigenvalue weighted by molar-refractivity contribution is -0.132. The van der Waals surface area contributed by atoms with Gasteiger partial charge in [0.15, 0.2) is 5.78 Å². The summed E-state index contributed by atoms with van der Waals surface area (Å²) in [7, 11) is 0. The van der Waals surface area contributed by atoms with E-state index in [4.69, 9.17) is 0 Å². The van der Waals surface area contributed by atoms with Crippen LogP contribution in [0.3, 0.4) is 0 Å². The van der Waals surface area contributed by atoms with Crippen LogP contribution in [0.15, 0.2) is 24.3 Å². The van der Waals surface area contributed by atoms with E-state index in [9.17, 15) is 9.59 Å². The Bertz CT molecular complexity index is 785. The summed E-state index contributed by atoms with van der Waals surface area (Å²) in [5, 5.41) is 1.21. The summed E-state index contributed by atoms with van der Waals surface area (Å²) >= 11 is 1.78. The molecule has 4 nitrogen and oxygen atoms in total. The summed E-state index contributed by atoms with van der Waals surface area (Å²) in [5.74, 6) is 0.613. The molecule has 138 valence electrons. The molecular formula is C21H26N2O2S. The van der Waals surface area contributed by atoms with Gasteiger partial charge in [-0.2, -0.15) is 0 Å². The maximum absolute atomic E-state index is 12.5. The van der Waals surface area contributed by atoms with E-state index in [1.165, 1.54) is 9.88 Å². The molecule has 0 radical (unpaired) electrons. The van der Waals surface area contributed by atoms with Gasteiger partial charge in [0.2, 0.25) is 5.91 Å². The fraction of sp³-hybridized carbons (Fsp3) is 0.476. The van der Waals surface area contributed by atoms with Crippen LogP contribution in [0.1, 0.15) is 63.1 Å². The van der Waals surface area contributed by atoms with E-state index in [0.29, 0.717) is 12.3 Å². The number of hydrogen-bond acceptors (Lipinski definition) is 4. The van der Waals surface area contributed by atoms with Gasteiger partial charge in [0.05, 0.1) is 10.7 Å². The lowest BCUT2D eigenvalue weighted by Crippen LogP contribution is -2.38. The van der Waals surface area contributed by atoms with Crippen LogP contribution in [0, 0.1) is 20.8 Å². The number of benzene rings is 1. The fourth-order valence-electron chi connectivity index (χ4n) is 3.45. The highest BCUT2D eigenvalue weighted by molar-refractivity contribution is 7.11. The van der Waals surface area contributed by atoms with Gasteiger partial charge >= 0.3 is 0 Å². The second-order valence-electron chi connectivity index (χ2n) is 7.09. The Morgan fingerprint density at radius 1 is 1.12 bits per heavy atom. The van der Waals surface area contributed by atoms with Crippen molar-refractivity contribution in [3.8, 4) is 0 Å². The van der Waals surface area contributed by atoms with Gasteiger partial charge in [-0.3, -0.25) is 9.59 Å². The van der Waals surface area contributed by atoms with Crippen molar-refractivity contribution in [3.05, 3.63) is 51.0 Å². The second kappa shape index (κ2) is 8.12. The van der Waals surface area contributed by atoms with Crippen LogP contribution in [-0.2, 0) is 4.79 Å². The van der Waals surface area contributed by atoms with Gasteiger partial charge in [-0.1, -0.05) is 24.3 Å². The summed E-state index contributed by atoms with van der Waals surface area (Å²) in [6.45, 7) is 7.63. The van der Waals surface area contributed by atoms with Crippen molar-refractivity contribution in [2.45, 2.75) is 52.4 Å². The first-order valence-electron chi connectivity index (χ1n) is 9.26. The number of ketones is 1. The molecule has 0 N–H and O–H groups in total.